The quantitative estimate of drug-likeness (QED) is 0.802. The molecule has 0 saturated heterocycles. The van der Waals surface area contributed by atoms with E-state index in [2.05, 4.69) is 19.2 Å². The number of nitrogens with one attached hydrogen (secondary N) is 1. The zero-order chi connectivity index (χ0) is 15.5. The lowest BCUT2D eigenvalue weighted by Crippen LogP contribution is -2.44. The average Bonchev–Trinajstić information content (AvgIpc) is 2.89. The molecule has 0 amide bonds. The van der Waals surface area contributed by atoms with Crippen LogP contribution in [0.3, 0.4) is 0 Å². The van der Waals surface area contributed by atoms with Crippen molar-refractivity contribution >= 4 is 0 Å². The maximum Gasteiger partial charge on any atom is 0.162 e. The third kappa shape index (κ3) is 3.63. The summed E-state index contributed by atoms with van der Waals surface area (Å²) in [6.07, 6.45) is 6.58. The molecule has 118 valence electrons. The third-order valence-corrected chi connectivity index (χ3v) is 4.96. The first-order valence-corrected chi connectivity index (χ1v) is 8.08. The summed E-state index contributed by atoms with van der Waals surface area (Å²) in [4.78, 5) is 0. The van der Waals surface area contributed by atoms with Gasteiger partial charge < -0.3 is 5.32 Å². The monoisotopic (exact) mass is 295 g/mol. The van der Waals surface area contributed by atoms with Crippen LogP contribution in [-0.4, -0.2) is 13.1 Å². The SMILES string of the molecule is CNC(Cc1cccc(F)c1F)C1(CC(C)C)CCCC1. The van der Waals surface area contributed by atoms with Crippen molar-refractivity contribution in [3.8, 4) is 0 Å². The van der Waals surface area contributed by atoms with Gasteiger partial charge >= 0.3 is 0 Å². The zero-order valence-corrected chi connectivity index (χ0v) is 13.4. The molecule has 0 aromatic heterocycles. The Kier molecular flexibility index (Phi) is 5.37. The standard InChI is InChI=1S/C18H27F2N/c1-13(2)12-18(9-4-5-10-18)16(21-3)11-14-7-6-8-15(19)17(14)20/h6-8,13,16,21H,4-5,9-12H2,1-3H3. The first-order valence-electron chi connectivity index (χ1n) is 8.08. The largest absolute Gasteiger partial charge is 0.316 e. The molecule has 21 heavy (non-hydrogen) atoms. The summed E-state index contributed by atoms with van der Waals surface area (Å²) in [5, 5.41) is 3.40. The molecule has 0 bridgehead atoms. The van der Waals surface area contributed by atoms with Crippen LogP contribution in [0.1, 0.15) is 51.5 Å². The van der Waals surface area contributed by atoms with E-state index in [-0.39, 0.29) is 11.5 Å². The Bertz CT molecular complexity index is 464. The van der Waals surface area contributed by atoms with Gasteiger partial charge in [0.05, 0.1) is 0 Å². The lowest BCUT2D eigenvalue weighted by atomic mass is 9.71. The number of hydrogen-bond donors (Lipinski definition) is 1. The van der Waals surface area contributed by atoms with Gasteiger partial charge in [-0.2, -0.15) is 0 Å². The van der Waals surface area contributed by atoms with Crippen molar-refractivity contribution in [2.75, 3.05) is 7.05 Å². The first-order chi connectivity index (χ1) is 9.98. The summed E-state index contributed by atoms with van der Waals surface area (Å²) in [6.45, 7) is 4.49. The normalized spacial score (nSPS) is 19.1. The molecule has 1 saturated carbocycles. The van der Waals surface area contributed by atoms with Gasteiger partial charge in [-0.25, -0.2) is 8.78 Å². The highest BCUT2D eigenvalue weighted by Crippen LogP contribution is 2.46. The summed E-state index contributed by atoms with van der Waals surface area (Å²) >= 11 is 0. The lowest BCUT2D eigenvalue weighted by molar-refractivity contribution is 0.159. The van der Waals surface area contributed by atoms with E-state index in [1.54, 1.807) is 12.1 Å². The van der Waals surface area contributed by atoms with E-state index in [1.165, 1.54) is 31.7 Å². The van der Waals surface area contributed by atoms with Crippen molar-refractivity contribution in [3.63, 3.8) is 0 Å². The summed E-state index contributed by atoms with van der Waals surface area (Å²) < 4.78 is 27.4. The van der Waals surface area contributed by atoms with Crippen molar-refractivity contribution < 1.29 is 8.78 Å². The maximum absolute atomic E-state index is 14.0. The molecule has 3 heteroatoms. The molecule has 1 aliphatic carbocycles. The van der Waals surface area contributed by atoms with Crippen LogP contribution in [0.15, 0.2) is 18.2 Å². The maximum atomic E-state index is 14.0. The molecule has 1 aliphatic rings. The number of rotatable bonds is 6. The highest BCUT2D eigenvalue weighted by molar-refractivity contribution is 5.21. The zero-order valence-electron chi connectivity index (χ0n) is 13.4. The van der Waals surface area contributed by atoms with E-state index in [0.717, 1.165) is 6.42 Å². The van der Waals surface area contributed by atoms with Gasteiger partial charge in [0.25, 0.3) is 0 Å². The van der Waals surface area contributed by atoms with E-state index < -0.39 is 11.6 Å². The molecule has 0 spiro atoms. The van der Waals surface area contributed by atoms with Crippen LogP contribution >= 0.6 is 0 Å². The molecular formula is C18H27F2N. The molecule has 1 aromatic carbocycles. The van der Waals surface area contributed by atoms with Crippen LogP contribution in [-0.2, 0) is 6.42 Å². The van der Waals surface area contributed by atoms with E-state index in [0.29, 0.717) is 17.9 Å². The van der Waals surface area contributed by atoms with Crippen molar-refractivity contribution in [2.45, 2.75) is 58.4 Å². The molecule has 0 radical (unpaired) electrons. The molecule has 2 rings (SSSR count). The van der Waals surface area contributed by atoms with Crippen LogP contribution in [0, 0.1) is 23.0 Å². The number of benzene rings is 1. The molecule has 1 N–H and O–H groups in total. The lowest BCUT2D eigenvalue weighted by Gasteiger charge is -2.39. The summed E-state index contributed by atoms with van der Waals surface area (Å²) in [5.41, 5.74) is 0.714. The highest BCUT2D eigenvalue weighted by Gasteiger charge is 2.41. The van der Waals surface area contributed by atoms with Gasteiger partial charge in [0.1, 0.15) is 0 Å². The van der Waals surface area contributed by atoms with Crippen LogP contribution in [0.5, 0.6) is 0 Å². The average molecular weight is 295 g/mol. The van der Waals surface area contributed by atoms with Crippen molar-refractivity contribution in [1.29, 1.82) is 0 Å². The second kappa shape index (κ2) is 6.87. The first kappa shape index (κ1) is 16.4. The molecule has 1 nitrogen and oxygen atoms in total. The van der Waals surface area contributed by atoms with E-state index in [9.17, 15) is 8.78 Å². The minimum Gasteiger partial charge on any atom is -0.316 e. The Morgan fingerprint density at radius 2 is 1.86 bits per heavy atom. The molecular weight excluding hydrogens is 268 g/mol. The Hall–Kier alpha value is -0.960. The number of halogens is 2. The fraction of sp³-hybridized carbons (Fsp3) is 0.667. The van der Waals surface area contributed by atoms with Crippen LogP contribution in [0.4, 0.5) is 8.78 Å². The summed E-state index contributed by atoms with van der Waals surface area (Å²) in [7, 11) is 1.95. The molecule has 1 unspecified atom stereocenters. The van der Waals surface area contributed by atoms with E-state index >= 15 is 0 Å². The van der Waals surface area contributed by atoms with Gasteiger partial charge in [-0.05, 0) is 55.7 Å². The molecule has 1 aromatic rings. The number of hydrogen-bond acceptors (Lipinski definition) is 1. The number of likely N-dealkylation sites (N-methyl/N-ethyl adjacent to an activating group) is 1. The van der Waals surface area contributed by atoms with Crippen LogP contribution in [0.2, 0.25) is 0 Å². The van der Waals surface area contributed by atoms with Gasteiger partial charge in [-0.3, -0.25) is 0 Å². The Labute approximate surface area is 127 Å². The minimum absolute atomic E-state index is 0.207. The molecule has 1 fully saturated rings. The van der Waals surface area contributed by atoms with E-state index in [4.69, 9.17) is 0 Å². The van der Waals surface area contributed by atoms with Crippen molar-refractivity contribution in [1.82, 2.24) is 5.32 Å². The van der Waals surface area contributed by atoms with Crippen molar-refractivity contribution in [3.05, 3.63) is 35.4 Å². The third-order valence-electron chi connectivity index (χ3n) is 4.96. The van der Waals surface area contributed by atoms with Gasteiger partial charge in [0.2, 0.25) is 0 Å². The molecule has 0 heterocycles. The summed E-state index contributed by atoms with van der Waals surface area (Å²) in [5.74, 6) is -0.807. The topological polar surface area (TPSA) is 12.0 Å². The Morgan fingerprint density at radius 1 is 1.19 bits per heavy atom. The Balaban J connectivity index is 2.23. The predicted octanol–water partition coefficient (Wildman–Crippen LogP) is 4.70. The minimum atomic E-state index is -0.744. The Morgan fingerprint density at radius 3 is 2.43 bits per heavy atom. The second-order valence-electron chi connectivity index (χ2n) is 6.93. The predicted molar refractivity (Wildman–Crippen MR) is 83.3 cm³/mol. The van der Waals surface area contributed by atoms with Crippen LogP contribution in [0.25, 0.3) is 0 Å². The van der Waals surface area contributed by atoms with Gasteiger partial charge in [0.15, 0.2) is 11.6 Å². The van der Waals surface area contributed by atoms with Gasteiger partial charge in [0, 0.05) is 6.04 Å². The highest BCUT2D eigenvalue weighted by atomic mass is 19.2. The summed E-state index contributed by atoms with van der Waals surface area (Å²) in [6, 6.07) is 4.70. The fourth-order valence-electron chi connectivity index (χ4n) is 4.14. The molecule has 0 aliphatic heterocycles. The van der Waals surface area contributed by atoms with Crippen molar-refractivity contribution in [2.24, 2.45) is 11.3 Å². The van der Waals surface area contributed by atoms with Gasteiger partial charge in [-0.1, -0.05) is 38.8 Å². The second-order valence-corrected chi connectivity index (χ2v) is 6.93. The smallest absolute Gasteiger partial charge is 0.162 e. The van der Waals surface area contributed by atoms with Gasteiger partial charge in [-0.15, -0.1) is 0 Å². The van der Waals surface area contributed by atoms with E-state index in [1.807, 2.05) is 7.05 Å². The van der Waals surface area contributed by atoms with Crippen LogP contribution < -0.4 is 5.32 Å². The fourth-order valence-corrected chi connectivity index (χ4v) is 4.14. The molecule has 1 atom stereocenters.